The number of fused-ring (bicyclic) bond motifs is 3. The molecule has 2 unspecified atom stereocenters. The molecular weight excluding hydrogens is 258 g/mol. The zero-order valence-electron chi connectivity index (χ0n) is 12.4. The smallest absolute Gasteiger partial charge is 0.107 e. The van der Waals surface area contributed by atoms with E-state index in [1.165, 1.54) is 25.7 Å². The fraction of sp³-hybridized carbons (Fsp3) is 0.500. The minimum atomic E-state index is 0.687. The molecule has 3 nitrogen and oxygen atoms in total. The van der Waals surface area contributed by atoms with Gasteiger partial charge in [-0.15, -0.1) is 0 Å². The standard InChI is InChI=1S/C18H23N3/c1-2-4-14-12-16-6-5-15(11-13(14)3-1)18(16)21-8-7-17-19-9-10-20-17/h1-4,9-10,15-16,18,21H,5-8,11-12H2,(H,19,20). The molecule has 1 aromatic carbocycles. The van der Waals surface area contributed by atoms with Crippen molar-refractivity contribution in [2.75, 3.05) is 6.54 Å². The molecule has 0 saturated heterocycles. The lowest BCUT2D eigenvalue weighted by Gasteiger charge is -2.23. The van der Waals surface area contributed by atoms with Crippen LogP contribution in [0.1, 0.15) is 29.8 Å². The molecule has 2 aliphatic carbocycles. The molecule has 21 heavy (non-hydrogen) atoms. The Morgan fingerprint density at radius 1 is 1.10 bits per heavy atom. The molecule has 110 valence electrons. The molecule has 2 atom stereocenters. The van der Waals surface area contributed by atoms with Gasteiger partial charge in [0.2, 0.25) is 0 Å². The van der Waals surface area contributed by atoms with E-state index in [-0.39, 0.29) is 0 Å². The third kappa shape index (κ3) is 2.62. The highest BCUT2D eigenvalue weighted by molar-refractivity contribution is 5.30. The van der Waals surface area contributed by atoms with E-state index in [2.05, 4.69) is 39.6 Å². The zero-order chi connectivity index (χ0) is 14.1. The quantitative estimate of drug-likeness (QED) is 0.904. The Balaban J connectivity index is 1.43. The van der Waals surface area contributed by atoms with Gasteiger partial charge in [0.1, 0.15) is 5.82 Å². The summed E-state index contributed by atoms with van der Waals surface area (Å²) in [6.07, 6.45) is 10.0. The van der Waals surface area contributed by atoms with Crippen LogP contribution in [0.2, 0.25) is 0 Å². The number of imidazole rings is 1. The first-order valence-electron chi connectivity index (χ1n) is 8.18. The van der Waals surface area contributed by atoms with E-state index in [4.69, 9.17) is 0 Å². The number of aromatic amines is 1. The van der Waals surface area contributed by atoms with Crippen molar-refractivity contribution >= 4 is 0 Å². The first kappa shape index (κ1) is 13.1. The van der Waals surface area contributed by atoms with Gasteiger partial charge in [-0.3, -0.25) is 0 Å². The van der Waals surface area contributed by atoms with Crippen molar-refractivity contribution in [3.8, 4) is 0 Å². The first-order chi connectivity index (χ1) is 10.4. The Hall–Kier alpha value is -1.61. The Morgan fingerprint density at radius 2 is 1.81 bits per heavy atom. The van der Waals surface area contributed by atoms with Gasteiger partial charge in [-0.1, -0.05) is 24.3 Å². The normalized spacial score (nSPS) is 27.3. The molecule has 1 heterocycles. The minimum Gasteiger partial charge on any atom is -0.349 e. The summed E-state index contributed by atoms with van der Waals surface area (Å²) in [7, 11) is 0. The third-order valence-electron chi connectivity index (χ3n) is 5.30. The van der Waals surface area contributed by atoms with Crippen LogP contribution in [0.25, 0.3) is 0 Å². The molecule has 2 N–H and O–H groups in total. The summed E-state index contributed by atoms with van der Waals surface area (Å²) >= 11 is 0. The van der Waals surface area contributed by atoms with Crippen LogP contribution in [0, 0.1) is 11.8 Å². The summed E-state index contributed by atoms with van der Waals surface area (Å²) in [5, 5.41) is 3.84. The van der Waals surface area contributed by atoms with Gasteiger partial charge in [0.05, 0.1) is 0 Å². The lowest BCUT2D eigenvalue weighted by Crippen LogP contribution is -2.39. The second-order valence-corrected chi connectivity index (χ2v) is 6.54. The van der Waals surface area contributed by atoms with E-state index < -0.39 is 0 Å². The first-order valence-corrected chi connectivity index (χ1v) is 8.18. The molecule has 2 bridgehead atoms. The van der Waals surface area contributed by atoms with Gasteiger partial charge in [-0.25, -0.2) is 4.98 Å². The van der Waals surface area contributed by atoms with Gasteiger partial charge in [0.25, 0.3) is 0 Å². The second-order valence-electron chi connectivity index (χ2n) is 6.54. The van der Waals surface area contributed by atoms with Gasteiger partial charge < -0.3 is 10.3 Å². The maximum Gasteiger partial charge on any atom is 0.107 e. The fourth-order valence-corrected chi connectivity index (χ4v) is 4.28. The van der Waals surface area contributed by atoms with Gasteiger partial charge in [-0.2, -0.15) is 0 Å². The molecule has 3 heteroatoms. The highest BCUT2D eigenvalue weighted by atomic mass is 15.0. The number of hydrogen-bond acceptors (Lipinski definition) is 2. The van der Waals surface area contributed by atoms with Crippen LogP contribution in [0.5, 0.6) is 0 Å². The molecule has 2 aliphatic rings. The largest absolute Gasteiger partial charge is 0.349 e. The lowest BCUT2D eigenvalue weighted by atomic mass is 9.94. The van der Waals surface area contributed by atoms with Crippen molar-refractivity contribution in [2.24, 2.45) is 11.8 Å². The van der Waals surface area contributed by atoms with E-state index in [1.807, 2.05) is 12.4 Å². The number of aromatic nitrogens is 2. The monoisotopic (exact) mass is 281 g/mol. The van der Waals surface area contributed by atoms with Crippen LogP contribution in [-0.2, 0) is 19.3 Å². The van der Waals surface area contributed by atoms with Crippen molar-refractivity contribution in [3.05, 3.63) is 53.6 Å². The summed E-state index contributed by atoms with van der Waals surface area (Å²) < 4.78 is 0. The van der Waals surface area contributed by atoms with Crippen LogP contribution in [0.3, 0.4) is 0 Å². The zero-order valence-corrected chi connectivity index (χ0v) is 12.4. The predicted molar refractivity (Wildman–Crippen MR) is 84.1 cm³/mol. The Bertz CT molecular complexity index is 557. The van der Waals surface area contributed by atoms with Gasteiger partial charge in [0, 0.05) is 31.4 Å². The fourth-order valence-electron chi connectivity index (χ4n) is 4.28. The number of hydrogen-bond donors (Lipinski definition) is 2. The van der Waals surface area contributed by atoms with Crippen molar-refractivity contribution in [1.29, 1.82) is 0 Å². The molecular formula is C18H23N3. The van der Waals surface area contributed by atoms with Crippen molar-refractivity contribution in [1.82, 2.24) is 15.3 Å². The van der Waals surface area contributed by atoms with Gasteiger partial charge in [0.15, 0.2) is 0 Å². The molecule has 1 saturated carbocycles. The topological polar surface area (TPSA) is 40.7 Å². The Labute approximate surface area is 126 Å². The Morgan fingerprint density at radius 3 is 2.43 bits per heavy atom. The maximum absolute atomic E-state index is 4.31. The lowest BCUT2D eigenvalue weighted by molar-refractivity contribution is 0.343. The maximum atomic E-state index is 4.31. The van der Waals surface area contributed by atoms with E-state index in [0.29, 0.717) is 6.04 Å². The summed E-state index contributed by atoms with van der Waals surface area (Å²) in [5.74, 6) is 2.72. The van der Waals surface area contributed by atoms with Crippen molar-refractivity contribution in [3.63, 3.8) is 0 Å². The van der Waals surface area contributed by atoms with Crippen LogP contribution in [-0.4, -0.2) is 22.6 Å². The van der Waals surface area contributed by atoms with E-state index >= 15 is 0 Å². The van der Waals surface area contributed by atoms with Crippen molar-refractivity contribution in [2.45, 2.75) is 38.1 Å². The molecule has 2 aromatic rings. The second kappa shape index (κ2) is 5.64. The molecule has 0 radical (unpaired) electrons. The Kier molecular flexibility index (Phi) is 3.52. The van der Waals surface area contributed by atoms with Crippen LogP contribution >= 0.6 is 0 Å². The van der Waals surface area contributed by atoms with Crippen molar-refractivity contribution < 1.29 is 0 Å². The summed E-state index contributed by atoms with van der Waals surface area (Å²) in [6, 6.07) is 9.73. The molecule has 4 rings (SSSR count). The number of nitrogens with one attached hydrogen (secondary N) is 2. The minimum absolute atomic E-state index is 0.687. The van der Waals surface area contributed by atoms with Crippen LogP contribution in [0.4, 0.5) is 0 Å². The molecule has 0 spiro atoms. The van der Waals surface area contributed by atoms with Crippen LogP contribution < -0.4 is 5.32 Å². The van der Waals surface area contributed by atoms with Gasteiger partial charge in [-0.05, 0) is 48.6 Å². The molecule has 1 fully saturated rings. The average Bonchev–Trinajstić information content (AvgIpc) is 3.08. The molecule has 0 aliphatic heterocycles. The van der Waals surface area contributed by atoms with E-state index in [9.17, 15) is 0 Å². The number of rotatable bonds is 4. The molecule has 0 amide bonds. The number of benzene rings is 1. The van der Waals surface area contributed by atoms with Crippen LogP contribution in [0.15, 0.2) is 36.7 Å². The molecule has 1 aromatic heterocycles. The van der Waals surface area contributed by atoms with Gasteiger partial charge >= 0.3 is 0 Å². The number of H-pyrrole nitrogens is 1. The number of nitrogens with zero attached hydrogens (tertiary/aromatic N) is 1. The van der Waals surface area contributed by atoms with E-state index in [0.717, 1.165) is 30.6 Å². The predicted octanol–water partition coefficient (Wildman–Crippen LogP) is 2.74. The highest BCUT2D eigenvalue weighted by Crippen LogP contribution is 2.39. The van der Waals surface area contributed by atoms with E-state index in [1.54, 1.807) is 11.1 Å². The highest BCUT2D eigenvalue weighted by Gasteiger charge is 2.38. The summed E-state index contributed by atoms with van der Waals surface area (Å²) in [4.78, 5) is 7.50. The SMILES string of the molecule is c1ccc2c(c1)CC1CCC(C2)C1NCCc1ncc[nH]1. The summed E-state index contributed by atoms with van der Waals surface area (Å²) in [6.45, 7) is 1.03. The summed E-state index contributed by atoms with van der Waals surface area (Å²) in [5.41, 5.74) is 3.17. The average molecular weight is 281 g/mol. The third-order valence-corrected chi connectivity index (χ3v) is 5.30.